The second kappa shape index (κ2) is 9.71. The average Bonchev–Trinajstić information content (AvgIpc) is 3.29. The maximum absolute atomic E-state index is 13.4. The molecule has 0 bridgehead atoms. The molecule has 4 rings (SSSR count). The first kappa shape index (κ1) is 23.5. The SMILES string of the molecule is COC(=O)[C@H](CC(C)C)NC(=O)CCN1C(=O)c2ccccc2[C@H]1c1c(C)[nH]c2ccccc12. The molecule has 0 saturated heterocycles. The van der Waals surface area contributed by atoms with Crippen molar-refractivity contribution in [3.8, 4) is 0 Å². The Kier molecular flexibility index (Phi) is 6.72. The van der Waals surface area contributed by atoms with Crippen LogP contribution in [0.25, 0.3) is 10.9 Å². The van der Waals surface area contributed by atoms with Crippen molar-refractivity contribution < 1.29 is 19.1 Å². The highest BCUT2D eigenvalue weighted by molar-refractivity contribution is 6.01. The molecule has 2 aromatic carbocycles. The van der Waals surface area contributed by atoms with Crippen LogP contribution >= 0.6 is 0 Å². The minimum absolute atomic E-state index is 0.0865. The number of methoxy groups -OCH3 is 1. The molecule has 0 saturated carbocycles. The van der Waals surface area contributed by atoms with E-state index in [2.05, 4.69) is 16.4 Å². The predicted molar refractivity (Wildman–Crippen MR) is 130 cm³/mol. The molecule has 2 amide bonds. The number of ether oxygens (including phenoxy) is 1. The molecule has 34 heavy (non-hydrogen) atoms. The Morgan fingerprint density at radius 1 is 1.12 bits per heavy atom. The lowest BCUT2D eigenvalue weighted by Gasteiger charge is -2.26. The third-order valence-corrected chi connectivity index (χ3v) is 6.38. The summed E-state index contributed by atoms with van der Waals surface area (Å²) in [5.74, 6) is -0.619. The fourth-order valence-electron chi connectivity index (χ4n) is 4.88. The van der Waals surface area contributed by atoms with Gasteiger partial charge in [-0.2, -0.15) is 0 Å². The monoisotopic (exact) mass is 461 g/mol. The molecule has 0 radical (unpaired) electrons. The number of carbonyl (C=O) groups excluding carboxylic acids is 3. The van der Waals surface area contributed by atoms with E-state index in [0.29, 0.717) is 12.0 Å². The Bertz CT molecular complexity index is 1230. The van der Waals surface area contributed by atoms with Gasteiger partial charge in [0.1, 0.15) is 6.04 Å². The van der Waals surface area contributed by atoms with Crippen LogP contribution < -0.4 is 5.32 Å². The van der Waals surface area contributed by atoms with Crippen LogP contribution in [0.2, 0.25) is 0 Å². The maximum Gasteiger partial charge on any atom is 0.328 e. The van der Waals surface area contributed by atoms with Crippen LogP contribution in [0.1, 0.15) is 59.9 Å². The van der Waals surface area contributed by atoms with Gasteiger partial charge in [-0.15, -0.1) is 0 Å². The molecule has 1 aliphatic rings. The van der Waals surface area contributed by atoms with E-state index in [1.54, 1.807) is 4.90 Å². The number of benzene rings is 2. The van der Waals surface area contributed by atoms with Crippen LogP contribution in [0, 0.1) is 12.8 Å². The summed E-state index contributed by atoms with van der Waals surface area (Å²) in [5.41, 5.74) is 4.64. The van der Waals surface area contributed by atoms with Crippen molar-refractivity contribution in [3.05, 3.63) is 70.9 Å². The van der Waals surface area contributed by atoms with E-state index in [9.17, 15) is 14.4 Å². The van der Waals surface area contributed by atoms with Gasteiger partial charge in [0.25, 0.3) is 5.91 Å². The molecule has 1 aromatic heterocycles. The second-order valence-corrected chi connectivity index (χ2v) is 9.22. The number of hydrogen-bond acceptors (Lipinski definition) is 4. The van der Waals surface area contributed by atoms with Crippen molar-refractivity contribution >= 4 is 28.7 Å². The number of para-hydroxylation sites is 1. The number of fused-ring (bicyclic) bond motifs is 2. The lowest BCUT2D eigenvalue weighted by atomic mass is 9.95. The van der Waals surface area contributed by atoms with Crippen LogP contribution in [0.3, 0.4) is 0 Å². The normalized spacial score (nSPS) is 16.1. The fourth-order valence-corrected chi connectivity index (χ4v) is 4.88. The summed E-state index contributed by atoms with van der Waals surface area (Å²) in [5, 5.41) is 3.85. The summed E-state index contributed by atoms with van der Waals surface area (Å²) in [6.45, 7) is 6.21. The first-order chi connectivity index (χ1) is 16.3. The van der Waals surface area contributed by atoms with E-state index in [1.165, 1.54) is 7.11 Å². The van der Waals surface area contributed by atoms with Gasteiger partial charge in [-0.05, 0) is 37.0 Å². The van der Waals surface area contributed by atoms with E-state index in [4.69, 9.17) is 4.74 Å². The van der Waals surface area contributed by atoms with Gasteiger partial charge in [0.2, 0.25) is 5.91 Å². The molecular weight excluding hydrogens is 430 g/mol. The van der Waals surface area contributed by atoms with Gasteiger partial charge in [0.05, 0.1) is 13.2 Å². The molecular formula is C27H31N3O4. The van der Waals surface area contributed by atoms with Gasteiger partial charge in [-0.25, -0.2) is 4.79 Å². The molecule has 2 atom stereocenters. The van der Waals surface area contributed by atoms with Gasteiger partial charge < -0.3 is 19.9 Å². The molecule has 0 fully saturated rings. The largest absolute Gasteiger partial charge is 0.467 e. The van der Waals surface area contributed by atoms with Gasteiger partial charge in [0.15, 0.2) is 0 Å². The van der Waals surface area contributed by atoms with E-state index in [1.807, 2.05) is 63.2 Å². The summed E-state index contributed by atoms with van der Waals surface area (Å²) >= 11 is 0. The number of aromatic nitrogens is 1. The number of rotatable bonds is 8. The summed E-state index contributed by atoms with van der Waals surface area (Å²) in [7, 11) is 1.32. The molecule has 0 unspecified atom stereocenters. The second-order valence-electron chi connectivity index (χ2n) is 9.22. The molecule has 1 aliphatic heterocycles. The molecule has 0 aliphatic carbocycles. The zero-order chi connectivity index (χ0) is 24.4. The lowest BCUT2D eigenvalue weighted by molar-refractivity contribution is -0.145. The average molecular weight is 462 g/mol. The highest BCUT2D eigenvalue weighted by Gasteiger charge is 2.39. The van der Waals surface area contributed by atoms with Crippen LogP contribution in [0.15, 0.2) is 48.5 Å². The molecule has 7 nitrogen and oxygen atoms in total. The smallest absolute Gasteiger partial charge is 0.328 e. The van der Waals surface area contributed by atoms with Crippen molar-refractivity contribution in [1.82, 2.24) is 15.2 Å². The molecule has 2 N–H and O–H groups in total. The Morgan fingerprint density at radius 3 is 2.56 bits per heavy atom. The molecule has 178 valence electrons. The summed E-state index contributed by atoms with van der Waals surface area (Å²) in [4.78, 5) is 43.5. The third-order valence-electron chi connectivity index (χ3n) is 6.38. The lowest BCUT2D eigenvalue weighted by Crippen LogP contribution is -2.43. The maximum atomic E-state index is 13.4. The van der Waals surface area contributed by atoms with Gasteiger partial charge in [-0.1, -0.05) is 50.2 Å². The number of carbonyl (C=O) groups is 3. The van der Waals surface area contributed by atoms with E-state index >= 15 is 0 Å². The van der Waals surface area contributed by atoms with Gasteiger partial charge in [0, 0.05) is 40.7 Å². The van der Waals surface area contributed by atoms with Crippen molar-refractivity contribution in [3.63, 3.8) is 0 Å². The van der Waals surface area contributed by atoms with E-state index < -0.39 is 12.0 Å². The zero-order valence-electron chi connectivity index (χ0n) is 20.1. The Hall–Kier alpha value is -3.61. The highest BCUT2D eigenvalue weighted by atomic mass is 16.5. The number of H-pyrrole nitrogens is 1. The molecule has 3 aromatic rings. The summed E-state index contributed by atoms with van der Waals surface area (Å²) < 4.78 is 4.85. The minimum atomic E-state index is -0.698. The molecule has 2 heterocycles. The van der Waals surface area contributed by atoms with E-state index in [0.717, 1.165) is 27.7 Å². The number of amides is 2. The Morgan fingerprint density at radius 2 is 1.82 bits per heavy atom. The number of nitrogens with zero attached hydrogens (tertiary/aromatic N) is 1. The standard InChI is InChI=1S/C27H31N3O4/c1-16(2)15-22(27(33)34-4)29-23(31)13-14-30-25(18-9-5-6-10-19(18)26(30)32)24-17(3)28-21-12-8-7-11-20(21)24/h5-12,16,22,25,28H,13-15H2,1-4H3,(H,29,31)/t22-,25-/m0/s1. The zero-order valence-corrected chi connectivity index (χ0v) is 20.1. The quantitative estimate of drug-likeness (QED) is 0.494. The third kappa shape index (κ3) is 4.42. The van der Waals surface area contributed by atoms with Crippen LogP contribution in [-0.4, -0.2) is 47.4 Å². The summed E-state index contributed by atoms with van der Waals surface area (Å²) in [6.07, 6.45) is 0.576. The van der Waals surface area contributed by atoms with Crippen molar-refractivity contribution in [1.29, 1.82) is 0 Å². The Balaban J connectivity index is 1.60. The van der Waals surface area contributed by atoms with Crippen LogP contribution in [0.5, 0.6) is 0 Å². The van der Waals surface area contributed by atoms with Crippen molar-refractivity contribution in [2.45, 2.75) is 45.7 Å². The number of aromatic amines is 1. The first-order valence-electron chi connectivity index (χ1n) is 11.7. The van der Waals surface area contributed by atoms with Gasteiger partial charge >= 0.3 is 5.97 Å². The van der Waals surface area contributed by atoms with Crippen molar-refractivity contribution in [2.24, 2.45) is 5.92 Å². The topological polar surface area (TPSA) is 91.5 Å². The first-order valence-corrected chi connectivity index (χ1v) is 11.7. The fraction of sp³-hybridized carbons (Fsp3) is 0.370. The van der Waals surface area contributed by atoms with Crippen LogP contribution in [-0.2, 0) is 14.3 Å². The van der Waals surface area contributed by atoms with Gasteiger partial charge in [-0.3, -0.25) is 9.59 Å². The molecule has 0 spiro atoms. The minimum Gasteiger partial charge on any atom is -0.467 e. The summed E-state index contributed by atoms with van der Waals surface area (Å²) in [6, 6.07) is 14.7. The number of hydrogen-bond donors (Lipinski definition) is 2. The predicted octanol–water partition coefficient (Wildman–Crippen LogP) is 4.12. The number of aryl methyl sites for hydroxylation is 1. The van der Waals surface area contributed by atoms with Crippen molar-refractivity contribution in [2.75, 3.05) is 13.7 Å². The highest BCUT2D eigenvalue weighted by Crippen LogP contribution is 2.42. The number of nitrogens with one attached hydrogen (secondary N) is 2. The number of esters is 1. The van der Waals surface area contributed by atoms with Crippen LogP contribution in [0.4, 0.5) is 0 Å². The molecule has 7 heteroatoms. The van der Waals surface area contributed by atoms with E-state index in [-0.39, 0.29) is 36.7 Å². The Labute approximate surface area is 199 Å².